The third-order valence-electron chi connectivity index (χ3n) is 15.1. The first-order valence-electron chi connectivity index (χ1n) is 24.7. The molecule has 33 nitrogen and oxygen atoms in total. The fourth-order valence-corrected chi connectivity index (χ4v) is 12.1. The Morgan fingerprint density at radius 1 is 0.413 bits per heavy atom. The van der Waals surface area contributed by atoms with Crippen molar-refractivity contribution >= 4 is 0 Å². The number of hydrogen-bond acceptors (Lipinski definition) is 25. The van der Waals surface area contributed by atoms with Crippen LogP contribution in [0.2, 0.25) is 0 Å². The number of nitrogens with zero attached hydrogens (tertiary/aromatic N) is 14. The molecule has 0 aromatic carbocycles. The highest BCUT2D eigenvalue weighted by Crippen LogP contribution is 2.45. The first-order valence-corrected chi connectivity index (χ1v) is 24.7. The zero-order valence-corrected chi connectivity index (χ0v) is 42.3. The molecule has 0 amide bonds. The van der Waals surface area contributed by atoms with Gasteiger partial charge < -0.3 is 92.6 Å². The molecule has 8 heterocycles. The highest BCUT2D eigenvalue weighted by molar-refractivity contribution is 5.09. The van der Waals surface area contributed by atoms with Crippen molar-refractivity contribution in [2.75, 3.05) is 26.2 Å². The predicted octanol–water partition coefficient (Wildman–Crippen LogP) is -0.521. The molecule has 0 radical (unpaired) electrons. The average molecular weight is 1070 g/mol. The molecule has 9 aliphatic rings. The van der Waals surface area contributed by atoms with Crippen LogP contribution < -0.4 is 0 Å². The molecule has 0 bridgehead atoms. The molecule has 9 rings (SSSR count). The summed E-state index contributed by atoms with van der Waals surface area (Å²) in [6.45, 7) is 10.9. The molecule has 1 aliphatic carbocycles. The SMILES string of the molecule is CC1(C)O[C@H]2O[C@H](C(O)CN(CC(O)[C@H]3O[C@@H]4OC(C)(C)O[C@@H]4[C@H]3N=[N+]=[N-])[C@@H]3C[C@H](N(CC(O)[C@H]4O[C@@H]5OC(C)(C)O[C@@H]5[C@H]4N=[N+]=[N-])C[C@H](O)C4O[C@@H]5OC(C)(C)O[C@@H]5[C@H]4N=[N+]=[N-])[C@@H](O)C(O)[C@H]3O)[C@H](N=[N+]=[N-])[C@H]2O1. The van der Waals surface area contributed by atoms with Gasteiger partial charge in [0, 0.05) is 57.9 Å². The molecule has 75 heavy (non-hydrogen) atoms. The van der Waals surface area contributed by atoms with Crippen LogP contribution in [0.5, 0.6) is 0 Å². The van der Waals surface area contributed by atoms with Crippen molar-refractivity contribution in [1.29, 1.82) is 0 Å². The zero-order chi connectivity index (χ0) is 54.3. The van der Waals surface area contributed by atoms with Crippen LogP contribution >= 0.6 is 0 Å². The van der Waals surface area contributed by atoms with Gasteiger partial charge >= 0.3 is 0 Å². The molecule has 7 N–H and O–H groups in total. The van der Waals surface area contributed by atoms with E-state index >= 15 is 0 Å². The van der Waals surface area contributed by atoms with Crippen molar-refractivity contribution < 1.29 is 92.6 Å². The molecule has 418 valence electrons. The van der Waals surface area contributed by atoms with Crippen LogP contribution in [0, 0.1) is 0 Å². The predicted molar refractivity (Wildman–Crippen MR) is 244 cm³/mol. The lowest BCUT2D eigenvalue weighted by molar-refractivity contribution is -0.223. The van der Waals surface area contributed by atoms with Gasteiger partial charge in [-0.05, 0) is 83.9 Å². The summed E-state index contributed by atoms with van der Waals surface area (Å²) < 4.78 is 71.8. The van der Waals surface area contributed by atoms with Crippen LogP contribution in [0.25, 0.3) is 41.8 Å². The second kappa shape index (κ2) is 21.2. The van der Waals surface area contributed by atoms with E-state index in [4.69, 9.17) is 56.8 Å². The largest absolute Gasteiger partial charge is 0.389 e. The lowest BCUT2D eigenvalue weighted by Gasteiger charge is -2.50. The average Bonchev–Trinajstić information content (AvgIpc) is 4.20. The Hall–Kier alpha value is -3.60. The summed E-state index contributed by atoms with van der Waals surface area (Å²) in [5, 5.41) is 100. The van der Waals surface area contributed by atoms with E-state index in [0.717, 1.165) is 0 Å². The molecule has 25 atom stereocenters. The third kappa shape index (κ3) is 11.1. The second-order valence-electron chi connectivity index (χ2n) is 22.1. The van der Waals surface area contributed by atoms with Crippen molar-refractivity contribution in [2.45, 2.75) is 238 Å². The van der Waals surface area contributed by atoms with Gasteiger partial charge in [-0.1, -0.05) is 20.5 Å². The number of azide groups is 4. The molecule has 9 fully saturated rings. The Labute approximate surface area is 428 Å². The molecule has 5 unspecified atom stereocenters. The smallest absolute Gasteiger partial charge is 0.188 e. The van der Waals surface area contributed by atoms with Crippen molar-refractivity contribution in [2.24, 2.45) is 20.5 Å². The Balaban J connectivity index is 1.04. The third-order valence-corrected chi connectivity index (χ3v) is 15.1. The number of hydrogen-bond donors (Lipinski definition) is 7. The summed E-state index contributed by atoms with van der Waals surface area (Å²) >= 11 is 0. The number of ether oxygens (including phenoxy) is 12. The summed E-state index contributed by atoms with van der Waals surface area (Å²) in [7, 11) is 0. The molecule has 0 aromatic heterocycles. The summed E-state index contributed by atoms with van der Waals surface area (Å²) in [5.41, 5.74) is 38.5. The maximum atomic E-state index is 12.1. The highest BCUT2D eigenvalue weighted by atomic mass is 16.9. The van der Waals surface area contributed by atoms with E-state index in [9.17, 15) is 57.9 Å². The molecule has 0 spiro atoms. The number of aliphatic hydroxyl groups excluding tert-OH is 7. The monoisotopic (exact) mass is 1070 g/mol. The summed E-state index contributed by atoms with van der Waals surface area (Å²) in [6.07, 6.45) is -26.1. The van der Waals surface area contributed by atoms with Gasteiger partial charge in [-0.25, -0.2) is 0 Å². The van der Waals surface area contributed by atoms with Gasteiger partial charge in [-0.15, -0.1) is 0 Å². The van der Waals surface area contributed by atoms with Gasteiger partial charge in [0.05, 0.1) is 85.2 Å². The normalized spacial score (nSPS) is 45.1. The molecule has 1 saturated carbocycles. The quantitative estimate of drug-likeness (QED) is 0.0516. The van der Waals surface area contributed by atoms with E-state index < -0.39 is 202 Å². The Morgan fingerprint density at radius 2 is 0.640 bits per heavy atom. The summed E-state index contributed by atoms with van der Waals surface area (Å²) in [6, 6.07) is -7.38. The van der Waals surface area contributed by atoms with Gasteiger partial charge in [0.2, 0.25) is 0 Å². The van der Waals surface area contributed by atoms with Crippen molar-refractivity contribution in [1.82, 2.24) is 9.80 Å². The Morgan fingerprint density at radius 3 is 0.853 bits per heavy atom. The Kier molecular flexibility index (Phi) is 15.9. The first kappa shape index (κ1) is 56.1. The maximum absolute atomic E-state index is 12.1. The first-order chi connectivity index (χ1) is 35.3. The molecule has 33 heteroatoms. The number of aliphatic hydroxyl groups is 7. The summed E-state index contributed by atoms with van der Waals surface area (Å²) in [5.74, 6) is -4.57. The minimum Gasteiger partial charge on any atom is -0.389 e. The van der Waals surface area contributed by atoms with Crippen molar-refractivity contribution in [3.05, 3.63) is 41.8 Å². The van der Waals surface area contributed by atoms with Crippen LogP contribution in [0.1, 0.15) is 61.8 Å². The van der Waals surface area contributed by atoms with E-state index in [0.29, 0.717) is 0 Å². The zero-order valence-electron chi connectivity index (χ0n) is 42.3. The molecule has 0 aromatic rings. The summed E-state index contributed by atoms with van der Waals surface area (Å²) in [4.78, 5) is 14.6. The second-order valence-corrected chi connectivity index (χ2v) is 22.1. The molecular formula is C42H66N14O19. The van der Waals surface area contributed by atoms with Crippen LogP contribution in [0.4, 0.5) is 0 Å². The van der Waals surface area contributed by atoms with Gasteiger partial charge in [0.15, 0.2) is 48.3 Å². The van der Waals surface area contributed by atoms with Crippen LogP contribution in [-0.4, -0.2) is 248 Å². The van der Waals surface area contributed by atoms with Crippen LogP contribution in [-0.2, 0) is 56.8 Å². The highest BCUT2D eigenvalue weighted by Gasteiger charge is 2.61. The van der Waals surface area contributed by atoms with Crippen LogP contribution in [0.15, 0.2) is 20.5 Å². The van der Waals surface area contributed by atoms with Gasteiger partial charge in [0.25, 0.3) is 0 Å². The fraction of sp³-hybridized carbons (Fsp3) is 1.00. The Bertz CT molecular complexity index is 2000. The minimum absolute atomic E-state index is 0.375. The molecule has 8 aliphatic heterocycles. The van der Waals surface area contributed by atoms with E-state index in [1.54, 1.807) is 55.4 Å². The van der Waals surface area contributed by atoms with E-state index in [1.807, 2.05) is 0 Å². The standard InChI is InChI=1S/C42H66N14O19/c1-39(2)68-31-20(47-51-43)27(64-35(31)72-39)16(57)10-55(11-17(58)28-21(48-52-44)32-36(65-28)73-40(3,4)69-32)14-9-15(25(62)26(63)24(14)61)56(12-18(59)29-22(49-53-45)33-37(66-29)74-41(5,6)70-33)13-19(60)30-23(50-54-46)34-38(67-30)75-42(7,8)71-34/h14-38,57-63H,9-13H2,1-8H3/t14-,15+,16-,17?,18?,19?,20-,21-,22-,23-,24+,25-,26?,27?,28+,29+,30+,31+,32+,33+,34+,35+,36+,37+,38+/m0/s1. The lowest BCUT2D eigenvalue weighted by Crippen LogP contribution is -2.67. The minimum atomic E-state index is -2.02. The molecule has 8 saturated heterocycles. The van der Waals surface area contributed by atoms with Gasteiger partial charge in [-0.2, -0.15) is 0 Å². The number of rotatable bonds is 18. The van der Waals surface area contributed by atoms with Gasteiger partial charge in [-0.3, -0.25) is 9.80 Å². The van der Waals surface area contributed by atoms with Crippen molar-refractivity contribution in [3.8, 4) is 0 Å². The fourth-order valence-electron chi connectivity index (χ4n) is 12.1. The maximum Gasteiger partial charge on any atom is 0.188 e. The molecular weight excluding hydrogens is 1000 g/mol. The van der Waals surface area contributed by atoms with Gasteiger partial charge in [0.1, 0.15) is 30.5 Å². The van der Waals surface area contributed by atoms with E-state index in [1.165, 1.54) is 9.80 Å². The van der Waals surface area contributed by atoms with Crippen LogP contribution in [0.3, 0.4) is 0 Å². The van der Waals surface area contributed by atoms with E-state index in [-0.39, 0.29) is 6.42 Å². The van der Waals surface area contributed by atoms with E-state index in [2.05, 4.69) is 40.1 Å². The lowest BCUT2D eigenvalue weighted by atomic mass is 9.81. The topological polar surface area (TPSA) is 454 Å². The number of fused-ring (bicyclic) bond motifs is 4. The van der Waals surface area contributed by atoms with Crippen molar-refractivity contribution in [3.63, 3.8) is 0 Å².